The van der Waals surface area contributed by atoms with Gasteiger partial charge < -0.3 is 4.90 Å². The molecule has 2 atom stereocenters. The molecule has 1 aliphatic heterocycles. The molecule has 2 aromatic carbocycles. The van der Waals surface area contributed by atoms with E-state index in [4.69, 9.17) is 0 Å². The Hall–Kier alpha value is -2.61. The molecule has 1 amide bonds. The summed E-state index contributed by atoms with van der Waals surface area (Å²) < 4.78 is 0. The van der Waals surface area contributed by atoms with Crippen molar-refractivity contribution < 1.29 is 4.79 Å². The van der Waals surface area contributed by atoms with E-state index in [1.54, 1.807) is 6.08 Å². The zero-order valence-electron chi connectivity index (χ0n) is 12.6. The molecule has 2 aromatic rings. The molecule has 22 heavy (non-hydrogen) atoms. The van der Waals surface area contributed by atoms with Crippen molar-refractivity contribution >= 4 is 11.6 Å². The number of carbonyl (C=O) groups excluding carboxylic acids is 1. The molecule has 3 rings (SSSR count). The molecule has 1 aliphatic rings. The maximum atomic E-state index is 12.6. The van der Waals surface area contributed by atoms with Crippen LogP contribution < -0.4 is 4.90 Å². The normalized spacial score (nSPS) is 21.0. The summed E-state index contributed by atoms with van der Waals surface area (Å²) in [4.78, 5) is 14.5. The molecule has 0 saturated carbocycles. The van der Waals surface area contributed by atoms with Crippen molar-refractivity contribution in [3.05, 3.63) is 90.5 Å². The quantitative estimate of drug-likeness (QED) is 0.602. The van der Waals surface area contributed by atoms with Gasteiger partial charge in [-0.25, -0.2) is 0 Å². The molecule has 1 saturated heterocycles. The zero-order valence-corrected chi connectivity index (χ0v) is 12.6. The standard InChI is InChI=1S/C20H19NO/c1-3-4-10-18-19(16-8-6-5-7-9-16)21(20(18)22)17-13-11-15(2)12-14-17/h3-14,18-19H,1H2,2H3/b10-4+/t18-,19-/m1/s1. The van der Waals surface area contributed by atoms with Crippen molar-refractivity contribution in [1.82, 2.24) is 0 Å². The third kappa shape index (κ3) is 2.48. The third-order valence-corrected chi connectivity index (χ3v) is 4.05. The zero-order chi connectivity index (χ0) is 15.5. The number of benzene rings is 2. The summed E-state index contributed by atoms with van der Waals surface area (Å²) in [6.45, 7) is 5.74. The van der Waals surface area contributed by atoms with Crippen molar-refractivity contribution in [2.45, 2.75) is 13.0 Å². The molecule has 110 valence electrons. The number of hydrogen-bond donors (Lipinski definition) is 0. The summed E-state index contributed by atoms with van der Waals surface area (Å²) >= 11 is 0. The van der Waals surface area contributed by atoms with Gasteiger partial charge in [-0.3, -0.25) is 4.79 Å². The van der Waals surface area contributed by atoms with Crippen LogP contribution in [-0.2, 0) is 4.79 Å². The molecule has 0 spiro atoms. The number of rotatable bonds is 4. The molecule has 0 bridgehead atoms. The molecule has 0 unspecified atom stereocenters. The number of allylic oxidation sites excluding steroid dienone is 2. The lowest BCUT2D eigenvalue weighted by molar-refractivity contribution is -0.128. The molecule has 2 nitrogen and oxygen atoms in total. The van der Waals surface area contributed by atoms with Gasteiger partial charge in [0.15, 0.2) is 0 Å². The van der Waals surface area contributed by atoms with Gasteiger partial charge >= 0.3 is 0 Å². The van der Waals surface area contributed by atoms with Crippen LogP contribution in [0.4, 0.5) is 5.69 Å². The average molecular weight is 289 g/mol. The van der Waals surface area contributed by atoms with Crippen LogP contribution in [0.1, 0.15) is 17.2 Å². The predicted octanol–water partition coefficient (Wildman–Crippen LogP) is 4.44. The molecule has 1 heterocycles. The first-order valence-electron chi connectivity index (χ1n) is 7.46. The van der Waals surface area contributed by atoms with E-state index < -0.39 is 0 Å². The third-order valence-electron chi connectivity index (χ3n) is 4.05. The summed E-state index contributed by atoms with van der Waals surface area (Å²) in [6, 6.07) is 18.3. The van der Waals surface area contributed by atoms with Gasteiger partial charge in [-0.2, -0.15) is 0 Å². The van der Waals surface area contributed by atoms with Gasteiger partial charge in [0.05, 0.1) is 12.0 Å². The number of aryl methyl sites for hydroxylation is 1. The van der Waals surface area contributed by atoms with E-state index in [2.05, 4.69) is 18.7 Å². The smallest absolute Gasteiger partial charge is 0.236 e. The maximum absolute atomic E-state index is 12.6. The fourth-order valence-corrected chi connectivity index (χ4v) is 2.90. The van der Waals surface area contributed by atoms with E-state index in [1.807, 2.05) is 66.4 Å². The van der Waals surface area contributed by atoms with Gasteiger partial charge in [0.1, 0.15) is 0 Å². The number of anilines is 1. The highest BCUT2D eigenvalue weighted by Crippen LogP contribution is 2.44. The van der Waals surface area contributed by atoms with Crippen molar-refractivity contribution in [2.24, 2.45) is 5.92 Å². The number of nitrogens with zero attached hydrogens (tertiary/aromatic N) is 1. The fraction of sp³-hybridized carbons (Fsp3) is 0.150. The van der Waals surface area contributed by atoms with Crippen LogP contribution in [0.5, 0.6) is 0 Å². The highest BCUT2D eigenvalue weighted by atomic mass is 16.2. The minimum Gasteiger partial charge on any atom is -0.303 e. The Labute approximate surface area is 131 Å². The highest BCUT2D eigenvalue weighted by Gasteiger charge is 2.47. The Morgan fingerprint density at radius 3 is 2.36 bits per heavy atom. The SMILES string of the molecule is C=C/C=C/[C@H]1C(=O)N(c2ccc(C)cc2)[C@@H]1c1ccccc1. The Kier molecular flexibility index (Phi) is 3.92. The lowest BCUT2D eigenvalue weighted by Crippen LogP contribution is -2.54. The average Bonchev–Trinajstić information content (AvgIpc) is 2.55. The van der Waals surface area contributed by atoms with Crippen LogP contribution in [-0.4, -0.2) is 5.91 Å². The van der Waals surface area contributed by atoms with E-state index in [0.717, 1.165) is 11.3 Å². The Morgan fingerprint density at radius 1 is 1.05 bits per heavy atom. The van der Waals surface area contributed by atoms with Crippen molar-refractivity contribution in [1.29, 1.82) is 0 Å². The lowest BCUT2D eigenvalue weighted by atomic mass is 9.81. The van der Waals surface area contributed by atoms with Gasteiger partial charge in [0.25, 0.3) is 0 Å². The topological polar surface area (TPSA) is 20.3 Å². The first-order valence-corrected chi connectivity index (χ1v) is 7.46. The summed E-state index contributed by atoms with van der Waals surface area (Å²) in [7, 11) is 0. The van der Waals surface area contributed by atoms with Crippen LogP contribution in [0.15, 0.2) is 79.4 Å². The monoisotopic (exact) mass is 289 g/mol. The predicted molar refractivity (Wildman–Crippen MR) is 90.7 cm³/mol. The molecule has 0 aromatic heterocycles. The van der Waals surface area contributed by atoms with Gasteiger partial charge in [-0.15, -0.1) is 0 Å². The second kappa shape index (κ2) is 6.02. The van der Waals surface area contributed by atoms with Gasteiger partial charge in [-0.1, -0.05) is 72.8 Å². The lowest BCUT2D eigenvalue weighted by Gasteiger charge is -2.46. The summed E-state index contributed by atoms with van der Waals surface area (Å²) in [6.07, 6.45) is 5.51. The molecule has 1 fully saturated rings. The Morgan fingerprint density at radius 2 is 1.73 bits per heavy atom. The number of carbonyl (C=O) groups is 1. The van der Waals surface area contributed by atoms with E-state index in [-0.39, 0.29) is 17.9 Å². The van der Waals surface area contributed by atoms with Crippen LogP contribution in [0.3, 0.4) is 0 Å². The van der Waals surface area contributed by atoms with Gasteiger partial charge in [0, 0.05) is 5.69 Å². The minimum atomic E-state index is -0.123. The van der Waals surface area contributed by atoms with Crippen LogP contribution >= 0.6 is 0 Å². The highest BCUT2D eigenvalue weighted by molar-refractivity contribution is 6.04. The second-order valence-electron chi connectivity index (χ2n) is 5.55. The largest absolute Gasteiger partial charge is 0.303 e. The molecule has 0 aliphatic carbocycles. The summed E-state index contributed by atoms with van der Waals surface area (Å²) in [5, 5.41) is 0. The van der Waals surface area contributed by atoms with E-state index in [0.29, 0.717) is 0 Å². The molecular formula is C20H19NO. The minimum absolute atomic E-state index is 0.0487. The van der Waals surface area contributed by atoms with Crippen molar-refractivity contribution in [2.75, 3.05) is 4.90 Å². The fourth-order valence-electron chi connectivity index (χ4n) is 2.90. The number of amides is 1. The summed E-state index contributed by atoms with van der Waals surface area (Å²) in [5.41, 5.74) is 3.30. The van der Waals surface area contributed by atoms with Crippen molar-refractivity contribution in [3.8, 4) is 0 Å². The first kappa shape index (κ1) is 14.3. The molecule has 0 radical (unpaired) electrons. The summed E-state index contributed by atoms with van der Waals surface area (Å²) in [5.74, 6) is 0.0116. The van der Waals surface area contributed by atoms with E-state index >= 15 is 0 Å². The van der Waals surface area contributed by atoms with Crippen LogP contribution in [0.2, 0.25) is 0 Å². The maximum Gasteiger partial charge on any atom is 0.236 e. The number of β-lactam (4-membered cyclic amide) rings is 1. The van der Waals surface area contributed by atoms with Gasteiger partial charge in [-0.05, 0) is 24.6 Å². The Balaban J connectivity index is 1.98. The van der Waals surface area contributed by atoms with Gasteiger partial charge in [0.2, 0.25) is 5.91 Å². The van der Waals surface area contributed by atoms with Crippen LogP contribution in [0, 0.1) is 12.8 Å². The van der Waals surface area contributed by atoms with Crippen molar-refractivity contribution in [3.63, 3.8) is 0 Å². The Bertz CT molecular complexity index is 700. The second-order valence-corrected chi connectivity index (χ2v) is 5.55. The first-order chi connectivity index (χ1) is 10.7. The molecular weight excluding hydrogens is 270 g/mol. The van der Waals surface area contributed by atoms with E-state index in [1.165, 1.54) is 5.56 Å². The molecule has 2 heteroatoms. The van der Waals surface area contributed by atoms with E-state index in [9.17, 15) is 4.79 Å². The van der Waals surface area contributed by atoms with Crippen LogP contribution in [0.25, 0.3) is 0 Å². The number of hydrogen-bond acceptors (Lipinski definition) is 1. The molecule has 0 N–H and O–H groups in total.